The highest BCUT2D eigenvalue weighted by Gasteiger charge is 2.21. The van der Waals surface area contributed by atoms with Crippen LogP contribution in [0.4, 0.5) is 29.1 Å². The van der Waals surface area contributed by atoms with E-state index in [2.05, 4.69) is 4.98 Å². The van der Waals surface area contributed by atoms with Crippen LogP contribution < -0.4 is 11.1 Å². The number of carbonyl (C=O) groups is 1. The first kappa shape index (κ1) is 15.0. The lowest BCUT2D eigenvalue weighted by Gasteiger charge is -2.09. The molecule has 0 spiro atoms. The fourth-order valence-corrected chi connectivity index (χ4v) is 1.61. The molecule has 0 fully saturated rings. The van der Waals surface area contributed by atoms with Gasteiger partial charge >= 0.3 is 0 Å². The first-order chi connectivity index (χ1) is 9.81. The largest absolute Gasteiger partial charge is 0.382 e. The molecule has 0 unspecified atom stereocenters. The number of nitrogens with one attached hydrogen (secondary N) is 1. The summed E-state index contributed by atoms with van der Waals surface area (Å²) in [4.78, 5) is 15.3. The van der Waals surface area contributed by atoms with Crippen molar-refractivity contribution in [1.29, 1.82) is 0 Å². The van der Waals surface area contributed by atoms with Crippen molar-refractivity contribution in [3.05, 3.63) is 52.2 Å². The molecule has 0 saturated heterocycles. The quantitative estimate of drug-likeness (QED) is 0.660. The standard InChI is InChI=1S/C12H6ClF4N3O/c13-5-1-4(3-19-11(5)18)12(21)20-10-8(16)6(14)2-7(15)9(10)17/h1-3H,(H2,18,19)(H,20,21). The molecule has 1 amide bonds. The van der Waals surface area contributed by atoms with Crippen molar-refractivity contribution < 1.29 is 22.4 Å². The summed E-state index contributed by atoms with van der Waals surface area (Å²) in [6, 6.07) is 1.12. The minimum Gasteiger partial charge on any atom is -0.382 e. The third-order valence-corrected chi connectivity index (χ3v) is 2.78. The van der Waals surface area contributed by atoms with Gasteiger partial charge in [0.15, 0.2) is 23.3 Å². The van der Waals surface area contributed by atoms with Crippen LogP contribution in [0, 0.1) is 23.3 Å². The molecule has 1 aromatic carbocycles. The molecule has 0 aliphatic rings. The SMILES string of the molecule is Nc1ncc(C(=O)Nc2c(F)c(F)cc(F)c2F)cc1Cl. The highest BCUT2D eigenvalue weighted by molar-refractivity contribution is 6.33. The molecular weight excluding hydrogens is 314 g/mol. The Hall–Kier alpha value is -2.35. The van der Waals surface area contributed by atoms with Gasteiger partial charge < -0.3 is 11.1 Å². The summed E-state index contributed by atoms with van der Waals surface area (Å²) < 4.78 is 52.8. The second kappa shape index (κ2) is 5.57. The van der Waals surface area contributed by atoms with Crippen LogP contribution in [0.25, 0.3) is 0 Å². The molecule has 21 heavy (non-hydrogen) atoms. The Morgan fingerprint density at radius 2 is 1.71 bits per heavy atom. The summed E-state index contributed by atoms with van der Waals surface area (Å²) in [6.45, 7) is 0. The molecule has 1 heterocycles. The van der Waals surface area contributed by atoms with E-state index >= 15 is 0 Å². The number of benzene rings is 1. The van der Waals surface area contributed by atoms with Crippen LogP contribution in [0.5, 0.6) is 0 Å². The highest BCUT2D eigenvalue weighted by Crippen LogP contribution is 2.25. The van der Waals surface area contributed by atoms with Gasteiger partial charge in [0.05, 0.1) is 10.6 Å². The first-order valence-electron chi connectivity index (χ1n) is 5.36. The van der Waals surface area contributed by atoms with Crippen molar-refractivity contribution in [3.63, 3.8) is 0 Å². The van der Waals surface area contributed by atoms with Gasteiger partial charge in [0, 0.05) is 12.3 Å². The number of anilines is 2. The van der Waals surface area contributed by atoms with Gasteiger partial charge in [-0.25, -0.2) is 22.5 Å². The van der Waals surface area contributed by atoms with Gasteiger partial charge in [-0.15, -0.1) is 0 Å². The van der Waals surface area contributed by atoms with Crippen LogP contribution in [0.1, 0.15) is 10.4 Å². The highest BCUT2D eigenvalue weighted by atomic mass is 35.5. The normalized spacial score (nSPS) is 10.5. The topological polar surface area (TPSA) is 68.0 Å². The van der Waals surface area contributed by atoms with Gasteiger partial charge in [0.1, 0.15) is 11.5 Å². The minimum absolute atomic E-state index is 0.0297. The number of nitrogens with zero attached hydrogens (tertiary/aromatic N) is 1. The third-order valence-electron chi connectivity index (χ3n) is 2.48. The number of carbonyl (C=O) groups excluding carboxylic acids is 1. The zero-order chi connectivity index (χ0) is 15.7. The molecule has 0 saturated carbocycles. The van der Waals surface area contributed by atoms with Crippen LogP contribution in [-0.2, 0) is 0 Å². The summed E-state index contributed by atoms with van der Waals surface area (Å²) >= 11 is 5.64. The summed E-state index contributed by atoms with van der Waals surface area (Å²) in [6.07, 6.45) is 0.988. The lowest BCUT2D eigenvalue weighted by molar-refractivity contribution is 0.102. The molecule has 0 bridgehead atoms. The number of aromatic nitrogens is 1. The Morgan fingerprint density at radius 3 is 2.24 bits per heavy atom. The molecule has 0 aliphatic heterocycles. The molecule has 9 heteroatoms. The Morgan fingerprint density at radius 1 is 1.14 bits per heavy atom. The molecule has 1 aromatic heterocycles. The van der Waals surface area contributed by atoms with E-state index in [9.17, 15) is 22.4 Å². The van der Waals surface area contributed by atoms with Gasteiger partial charge in [0.25, 0.3) is 5.91 Å². The molecule has 3 N–H and O–H groups in total. The van der Waals surface area contributed by atoms with E-state index in [0.717, 1.165) is 12.3 Å². The maximum absolute atomic E-state index is 13.4. The smallest absolute Gasteiger partial charge is 0.257 e. The number of hydrogen-bond acceptors (Lipinski definition) is 3. The Labute approximate surface area is 120 Å². The third kappa shape index (κ3) is 2.89. The zero-order valence-electron chi connectivity index (χ0n) is 10.1. The molecule has 110 valence electrons. The molecule has 2 aromatic rings. The fourth-order valence-electron chi connectivity index (χ4n) is 1.44. The Balaban J connectivity index is 2.38. The maximum Gasteiger partial charge on any atom is 0.257 e. The average Bonchev–Trinajstić information content (AvgIpc) is 2.44. The van der Waals surface area contributed by atoms with Gasteiger partial charge in [0.2, 0.25) is 0 Å². The predicted molar refractivity (Wildman–Crippen MR) is 67.9 cm³/mol. The van der Waals surface area contributed by atoms with Gasteiger partial charge in [-0.2, -0.15) is 0 Å². The lowest BCUT2D eigenvalue weighted by atomic mass is 10.2. The molecule has 0 aliphatic carbocycles. The lowest BCUT2D eigenvalue weighted by Crippen LogP contribution is -2.16. The molecule has 0 atom stereocenters. The Bertz CT molecular complexity index is 713. The van der Waals surface area contributed by atoms with E-state index in [1.54, 1.807) is 5.32 Å². The number of nitrogens with two attached hydrogens (primary N) is 1. The first-order valence-corrected chi connectivity index (χ1v) is 5.74. The van der Waals surface area contributed by atoms with Crippen LogP contribution in [0.15, 0.2) is 18.3 Å². The van der Waals surface area contributed by atoms with Crippen molar-refractivity contribution in [2.75, 3.05) is 11.1 Å². The van der Waals surface area contributed by atoms with Gasteiger partial charge in [-0.3, -0.25) is 4.79 Å². The second-order valence-electron chi connectivity index (χ2n) is 3.89. The van der Waals surface area contributed by atoms with E-state index < -0.39 is 34.9 Å². The Kier molecular flexibility index (Phi) is 3.99. The zero-order valence-corrected chi connectivity index (χ0v) is 10.8. The second-order valence-corrected chi connectivity index (χ2v) is 4.30. The number of amides is 1. The fraction of sp³-hybridized carbons (Fsp3) is 0. The van der Waals surface area contributed by atoms with Crippen molar-refractivity contribution in [2.45, 2.75) is 0 Å². The van der Waals surface area contributed by atoms with Crippen LogP contribution in [-0.4, -0.2) is 10.9 Å². The average molecular weight is 320 g/mol. The van der Waals surface area contributed by atoms with Crippen molar-refractivity contribution >= 4 is 29.0 Å². The van der Waals surface area contributed by atoms with E-state index in [4.69, 9.17) is 17.3 Å². The predicted octanol–water partition coefficient (Wildman–Crippen LogP) is 3.13. The maximum atomic E-state index is 13.4. The van der Waals surface area contributed by atoms with E-state index in [1.165, 1.54) is 0 Å². The van der Waals surface area contributed by atoms with E-state index in [1.807, 2.05) is 0 Å². The molecule has 0 radical (unpaired) electrons. The molecule has 2 rings (SSSR count). The number of nitrogen functional groups attached to an aromatic ring is 1. The van der Waals surface area contributed by atoms with Crippen molar-refractivity contribution in [3.8, 4) is 0 Å². The van der Waals surface area contributed by atoms with Crippen LogP contribution in [0.2, 0.25) is 5.02 Å². The van der Waals surface area contributed by atoms with E-state index in [-0.39, 0.29) is 22.5 Å². The van der Waals surface area contributed by atoms with Crippen molar-refractivity contribution in [2.24, 2.45) is 0 Å². The molecular formula is C12H6ClF4N3O. The number of pyridine rings is 1. The summed E-state index contributed by atoms with van der Waals surface area (Å²) in [5, 5.41) is 1.65. The van der Waals surface area contributed by atoms with Gasteiger partial charge in [-0.05, 0) is 6.07 Å². The number of rotatable bonds is 2. The summed E-state index contributed by atoms with van der Waals surface area (Å²) in [5.74, 6) is -7.85. The monoisotopic (exact) mass is 319 g/mol. The number of hydrogen-bond donors (Lipinski definition) is 2. The summed E-state index contributed by atoms with van der Waals surface area (Å²) in [7, 11) is 0. The summed E-state index contributed by atoms with van der Waals surface area (Å²) in [5.41, 5.74) is 3.89. The van der Waals surface area contributed by atoms with Gasteiger partial charge in [-0.1, -0.05) is 11.6 Å². The van der Waals surface area contributed by atoms with Crippen LogP contribution >= 0.6 is 11.6 Å². The minimum atomic E-state index is -1.73. The van der Waals surface area contributed by atoms with E-state index in [0.29, 0.717) is 0 Å². The number of halogens is 5. The van der Waals surface area contributed by atoms with Crippen LogP contribution in [0.3, 0.4) is 0 Å². The molecule has 4 nitrogen and oxygen atoms in total. The van der Waals surface area contributed by atoms with Crippen molar-refractivity contribution in [1.82, 2.24) is 4.98 Å².